The molecule has 7 aromatic rings. The second kappa shape index (κ2) is 18.0. The van der Waals surface area contributed by atoms with Crippen molar-refractivity contribution < 1.29 is 64.8 Å². The highest BCUT2D eigenvalue weighted by atomic mass is 32.2. The number of benzene rings is 5. The van der Waals surface area contributed by atoms with Crippen LogP contribution in [0.2, 0.25) is 0 Å². The van der Waals surface area contributed by atoms with E-state index in [-0.39, 0.29) is 102 Å². The molecule has 67 heavy (non-hydrogen) atoms. The Balaban J connectivity index is 1.30. The van der Waals surface area contributed by atoms with Crippen molar-refractivity contribution in [2.45, 2.75) is 21.6 Å². The molecule has 0 fully saturated rings. The number of ether oxygens (including phenoxy) is 1. The quantitative estimate of drug-likeness (QED) is 0.0179. The van der Waals surface area contributed by atoms with Gasteiger partial charge in [-0.2, -0.15) is 31.8 Å². The minimum Gasteiger partial charge on any atom is -0.478 e. The van der Waals surface area contributed by atoms with Crippen molar-refractivity contribution in [1.29, 1.82) is 0 Å². The average Bonchev–Trinajstić information content (AvgIpc) is 3.28. The maximum atomic E-state index is 14.7. The van der Waals surface area contributed by atoms with Crippen LogP contribution < -0.4 is 26.2 Å². The van der Waals surface area contributed by atoms with E-state index < -0.39 is 58.7 Å². The first-order chi connectivity index (χ1) is 31.9. The summed E-state index contributed by atoms with van der Waals surface area (Å²) in [6, 6.07) is 20.5. The number of aryl methyl sites for hydroxylation is 1. The fourth-order valence-electron chi connectivity index (χ4n) is 7.25. The Bertz CT molecular complexity index is 3520. The highest BCUT2D eigenvalue weighted by Crippen LogP contribution is 2.45. The second-order valence-electron chi connectivity index (χ2n) is 14.2. The van der Waals surface area contributed by atoms with Crippen molar-refractivity contribution in [2.75, 3.05) is 22.5 Å². The molecular formula is C42H31N7O15S3. The third-order valence-electron chi connectivity index (χ3n) is 10.1. The fraction of sp³-hybridized carbons (Fsp3) is 0.0714. The standard InChI is InChI=1S/C42H31N7O15S3/c1-3-43-40-46-41(48-42(47-40)62-22-13-11-20(12-14-22)39(53)54)45-27-18-28(31(67(59,60)61)19-30(27)65-64-63-55)44-26-15-16-29-34-32(24-9-4-5-10-25(24)37(51)33(26)34)35(38(52)49(29)2)36(50)21-7-6-8-23(17-21)66(56,57)58/h4-19,44,55H,3H2,1-2H3,(H,53,54)(H,56,57,58)(H,59,60,61)(H2,43,45,46,47,48). The number of nitrogens with one attached hydrogen (secondary N) is 3. The topological polar surface area (TPSA) is 325 Å². The predicted molar refractivity (Wildman–Crippen MR) is 239 cm³/mol. The first kappa shape index (κ1) is 45.9. The van der Waals surface area contributed by atoms with E-state index in [1.807, 2.05) is 0 Å². The van der Waals surface area contributed by atoms with Gasteiger partial charge in [-0.05, 0) is 73.2 Å². The summed E-state index contributed by atoms with van der Waals surface area (Å²) in [5.74, 6) is -2.80. The lowest BCUT2D eigenvalue weighted by Crippen LogP contribution is -2.29. The number of nitrogens with zero attached hydrogens (tertiary/aromatic N) is 4. The molecule has 0 amide bonds. The van der Waals surface area contributed by atoms with Gasteiger partial charge in [-0.1, -0.05) is 41.4 Å². The molecule has 0 saturated carbocycles. The summed E-state index contributed by atoms with van der Waals surface area (Å²) in [7, 11) is -8.57. The van der Waals surface area contributed by atoms with Gasteiger partial charge in [-0.15, -0.1) is 4.33 Å². The number of anilines is 5. The summed E-state index contributed by atoms with van der Waals surface area (Å²) in [5.41, 5.74) is -1.83. The average molecular weight is 970 g/mol. The molecule has 0 spiro atoms. The Morgan fingerprint density at radius 3 is 2.15 bits per heavy atom. The lowest BCUT2D eigenvalue weighted by Gasteiger charge is -2.26. The van der Waals surface area contributed by atoms with Crippen molar-refractivity contribution in [2.24, 2.45) is 7.05 Å². The Morgan fingerprint density at radius 2 is 1.48 bits per heavy atom. The SMILES string of the molecule is CCNc1nc(Nc2cc(Nc3ccc4c5c3C(=O)c3ccccc3-c5c(C(=O)c3cccc(S(=O)(=O)O)c3)c(=O)n4C)c(S(=O)(=O)O)cc2SOOO)nc(Oc2ccc(C(=O)O)cc2)n1. The largest absolute Gasteiger partial charge is 0.478 e. The van der Waals surface area contributed by atoms with Crippen molar-refractivity contribution in [3.8, 4) is 22.9 Å². The molecule has 0 aliphatic heterocycles. The van der Waals surface area contributed by atoms with E-state index in [0.29, 0.717) is 6.54 Å². The fourth-order valence-corrected chi connectivity index (χ4v) is 8.98. The maximum Gasteiger partial charge on any atom is 0.335 e. The van der Waals surface area contributed by atoms with Gasteiger partial charge in [0, 0.05) is 35.7 Å². The molecule has 8 rings (SSSR count). The summed E-state index contributed by atoms with van der Waals surface area (Å²) in [4.78, 5) is 65.9. The number of carboxylic acids is 1. The molecule has 2 aromatic heterocycles. The maximum absolute atomic E-state index is 14.7. The van der Waals surface area contributed by atoms with Gasteiger partial charge in [0.2, 0.25) is 11.9 Å². The van der Waals surface area contributed by atoms with Crippen LogP contribution >= 0.6 is 12.0 Å². The number of ketones is 2. The van der Waals surface area contributed by atoms with Gasteiger partial charge in [-0.3, -0.25) is 23.5 Å². The molecule has 22 nitrogen and oxygen atoms in total. The minimum atomic E-state index is -5.15. The number of hydrogen-bond donors (Lipinski definition) is 7. The number of pyridine rings is 1. The number of carbonyl (C=O) groups excluding carboxylic acids is 2. The molecule has 0 radical (unpaired) electrons. The number of fused-ring (bicyclic) bond motifs is 2. The molecule has 2 heterocycles. The zero-order valence-electron chi connectivity index (χ0n) is 34.2. The van der Waals surface area contributed by atoms with Gasteiger partial charge in [0.15, 0.2) is 11.6 Å². The van der Waals surface area contributed by atoms with E-state index >= 15 is 0 Å². The van der Waals surface area contributed by atoms with Crippen LogP contribution in [0, 0.1) is 0 Å². The van der Waals surface area contributed by atoms with E-state index in [1.54, 1.807) is 19.1 Å². The van der Waals surface area contributed by atoms with Crippen LogP contribution in [0.25, 0.3) is 22.0 Å². The first-order valence-electron chi connectivity index (χ1n) is 19.2. The Labute approximate surface area is 381 Å². The number of carboxylic acid groups (broad SMARTS) is 1. The van der Waals surface area contributed by atoms with E-state index in [2.05, 4.69) is 40.3 Å². The number of hydrogen-bond acceptors (Lipinski definition) is 19. The smallest absolute Gasteiger partial charge is 0.335 e. The molecule has 0 bridgehead atoms. The van der Waals surface area contributed by atoms with Gasteiger partial charge < -0.3 is 30.4 Å². The molecule has 5 aromatic carbocycles. The molecule has 1 aliphatic carbocycles. The van der Waals surface area contributed by atoms with Gasteiger partial charge in [-0.25, -0.2) is 10.1 Å². The van der Waals surface area contributed by atoms with Crippen molar-refractivity contribution >= 4 is 89.7 Å². The number of aromatic carboxylic acids is 1. The first-order valence-corrected chi connectivity index (χ1v) is 22.8. The normalized spacial score (nSPS) is 12.1. The third-order valence-corrected chi connectivity index (χ3v) is 12.5. The Morgan fingerprint density at radius 1 is 0.761 bits per heavy atom. The van der Waals surface area contributed by atoms with Gasteiger partial charge in [0.25, 0.3) is 25.8 Å². The van der Waals surface area contributed by atoms with Crippen molar-refractivity contribution in [1.82, 2.24) is 19.5 Å². The summed E-state index contributed by atoms with van der Waals surface area (Å²) in [6.45, 7) is 2.09. The van der Waals surface area contributed by atoms with Gasteiger partial charge >= 0.3 is 12.0 Å². The van der Waals surface area contributed by atoms with Crippen molar-refractivity contribution in [3.63, 3.8) is 0 Å². The zero-order chi connectivity index (χ0) is 47.9. The molecule has 25 heteroatoms. The van der Waals surface area contributed by atoms with Crippen LogP contribution in [0.15, 0.2) is 117 Å². The lowest BCUT2D eigenvalue weighted by molar-refractivity contribution is -0.432. The molecule has 0 unspecified atom stereocenters. The van der Waals surface area contributed by atoms with Crippen LogP contribution in [-0.2, 0) is 36.7 Å². The Hall–Kier alpha value is -7.62. The number of aromatic nitrogens is 4. The molecule has 1 aliphatic rings. The number of rotatable bonds is 16. The molecule has 0 atom stereocenters. The van der Waals surface area contributed by atoms with E-state index in [0.717, 1.165) is 28.8 Å². The van der Waals surface area contributed by atoms with Crippen LogP contribution in [-0.4, -0.2) is 79.9 Å². The molecule has 7 N–H and O–H groups in total. The van der Waals surface area contributed by atoms with Gasteiger partial charge in [0.1, 0.15) is 10.6 Å². The molecule has 0 saturated heterocycles. The van der Waals surface area contributed by atoms with Crippen molar-refractivity contribution in [3.05, 3.63) is 135 Å². The van der Waals surface area contributed by atoms with Crippen LogP contribution in [0.1, 0.15) is 49.1 Å². The summed E-state index contributed by atoms with van der Waals surface area (Å²) in [5, 5.41) is 30.9. The van der Waals surface area contributed by atoms with Crippen LogP contribution in [0.5, 0.6) is 11.8 Å². The van der Waals surface area contributed by atoms with E-state index in [1.165, 1.54) is 67.7 Å². The van der Waals surface area contributed by atoms with Gasteiger partial charge in [0.05, 0.1) is 61.1 Å². The summed E-state index contributed by atoms with van der Waals surface area (Å²) < 4.78 is 82.1. The van der Waals surface area contributed by atoms with Crippen LogP contribution in [0.3, 0.4) is 0 Å². The predicted octanol–water partition coefficient (Wildman–Crippen LogP) is 6.50. The minimum absolute atomic E-state index is 0.00153. The van der Waals surface area contributed by atoms with Crippen LogP contribution in [0.4, 0.5) is 29.0 Å². The lowest BCUT2D eigenvalue weighted by atomic mass is 9.80. The highest BCUT2D eigenvalue weighted by molar-refractivity contribution is 7.94. The summed E-state index contributed by atoms with van der Waals surface area (Å²) in [6.07, 6.45) is 0. The highest BCUT2D eigenvalue weighted by Gasteiger charge is 2.35. The third kappa shape index (κ3) is 9.03. The molecular weight excluding hydrogens is 939 g/mol. The monoisotopic (exact) mass is 969 g/mol. The summed E-state index contributed by atoms with van der Waals surface area (Å²) >= 11 is 0.288. The Kier molecular flexibility index (Phi) is 12.3. The number of carbonyl (C=O) groups is 3. The molecule has 342 valence electrons. The van der Waals surface area contributed by atoms with E-state index in [4.69, 9.17) is 9.99 Å². The zero-order valence-corrected chi connectivity index (χ0v) is 36.7. The van der Waals surface area contributed by atoms with E-state index in [9.17, 15) is 50.2 Å². The second-order valence-corrected chi connectivity index (χ2v) is 17.8.